The van der Waals surface area contributed by atoms with Gasteiger partial charge in [0.1, 0.15) is 29.2 Å². The topological polar surface area (TPSA) is 93.8 Å². The number of hydrogen-bond donors (Lipinski definition) is 2. The van der Waals surface area contributed by atoms with Gasteiger partial charge in [0.25, 0.3) is 5.91 Å². The van der Waals surface area contributed by atoms with Crippen LogP contribution in [0.3, 0.4) is 0 Å². The number of rotatable bonds is 6. The molecule has 4 rings (SSSR count). The molecule has 1 aromatic carbocycles. The number of carbonyl (C=O) groups is 1. The Labute approximate surface area is 155 Å². The summed E-state index contributed by atoms with van der Waals surface area (Å²) < 4.78 is 16.7. The molecule has 0 unspecified atom stereocenters. The number of aromatic nitrogens is 1. The van der Waals surface area contributed by atoms with Gasteiger partial charge in [0.2, 0.25) is 0 Å². The van der Waals surface area contributed by atoms with Crippen LogP contribution in [0, 0.1) is 6.92 Å². The van der Waals surface area contributed by atoms with Crippen LogP contribution in [-0.4, -0.2) is 41.4 Å². The molecule has 1 amide bonds. The Morgan fingerprint density at radius 2 is 2.19 bits per heavy atom. The number of aliphatic hydroxyl groups is 1. The first-order valence-electron chi connectivity index (χ1n) is 8.67. The molecule has 0 bridgehead atoms. The van der Waals surface area contributed by atoms with Crippen LogP contribution in [0.1, 0.15) is 21.8 Å². The predicted molar refractivity (Wildman–Crippen MR) is 97.6 cm³/mol. The fourth-order valence-electron chi connectivity index (χ4n) is 3.07. The molecule has 0 atom stereocenters. The van der Waals surface area contributed by atoms with E-state index in [4.69, 9.17) is 13.9 Å². The number of amides is 1. The molecule has 3 aromatic rings. The highest BCUT2D eigenvalue weighted by molar-refractivity contribution is 6.07. The van der Waals surface area contributed by atoms with E-state index in [2.05, 4.69) is 10.3 Å². The van der Waals surface area contributed by atoms with E-state index in [9.17, 15) is 9.90 Å². The molecule has 0 radical (unpaired) electrons. The lowest BCUT2D eigenvalue weighted by atomic mass is 9.97. The number of pyridine rings is 1. The summed E-state index contributed by atoms with van der Waals surface area (Å²) in [5.41, 5.74) is 1.13. The van der Waals surface area contributed by atoms with E-state index in [-0.39, 0.29) is 12.5 Å². The maximum Gasteiger partial charge on any atom is 0.256 e. The number of aliphatic hydroxyl groups excluding tert-OH is 1. The maximum absolute atomic E-state index is 12.8. The van der Waals surface area contributed by atoms with Crippen molar-refractivity contribution in [3.63, 3.8) is 0 Å². The zero-order valence-electron chi connectivity index (χ0n) is 14.9. The lowest BCUT2D eigenvalue weighted by molar-refractivity contribution is -0.0919. The monoisotopic (exact) mass is 368 g/mol. The number of carbonyl (C=O) groups excluding carboxylic acids is 1. The van der Waals surface area contributed by atoms with E-state index < -0.39 is 5.54 Å². The summed E-state index contributed by atoms with van der Waals surface area (Å²) >= 11 is 0. The Balaban J connectivity index is 1.59. The smallest absolute Gasteiger partial charge is 0.256 e. The second-order valence-electron chi connectivity index (χ2n) is 6.69. The van der Waals surface area contributed by atoms with E-state index in [0.29, 0.717) is 47.9 Å². The SMILES string of the molecule is Cc1oc2ccc(OCc3ccccn3)cc2c1C(=O)NC1(CO)COC1. The number of fused-ring (bicyclic) bond motifs is 1. The number of benzene rings is 1. The van der Waals surface area contributed by atoms with Gasteiger partial charge in [-0.2, -0.15) is 0 Å². The van der Waals surface area contributed by atoms with Crippen LogP contribution in [0.5, 0.6) is 5.75 Å². The molecule has 1 saturated heterocycles. The quantitative estimate of drug-likeness (QED) is 0.693. The number of nitrogens with one attached hydrogen (secondary N) is 1. The Morgan fingerprint density at radius 3 is 2.85 bits per heavy atom. The Kier molecular flexibility index (Phi) is 4.55. The summed E-state index contributed by atoms with van der Waals surface area (Å²) in [6.07, 6.45) is 1.71. The van der Waals surface area contributed by atoms with Gasteiger partial charge in [-0.25, -0.2) is 0 Å². The van der Waals surface area contributed by atoms with Crippen LogP contribution >= 0.6 is 0 Å². The summed E-state index contributed by atoms with van der Waals surface area (Å²) in [6.45, 7) is 2.49. The highest BCUT2D eigenvalue weighted by atomic mass is 16.5. The van der Waals surface area contributed by atoms with Gasteiger partial charge >= 0.3 is 0 Å². The van der Waals surface area contributed by atoms with Gasteiger partial charge in [-0.3, -0.25) is 9.78 Å². The summed E-state index contributed by atoms with van der Waals surface area (Å²) in [7, 11) is 0. The van der Waals surface area contributed by atoms with Gasteiger partial charge in [-0.15, -0.1) is 0 Å². The lowest BCUT2D eigenvalue weighted by Gasteiger charge is -2.40. The fourth-order valence-corrected chi connectivity index (χ4v) is 3.07. The Morgan fingerprint density at radius 1 is 1.33 bits per heavy atom. The maximum atomic E-state index is 12.8. The number of aryl methyl sites for hydroxylation is 1. The molecule has 2 aromatic heterocycles. The summed E-state index contributed by atoms with van der Waals surface area (Å²) in [5.74, 6) is 0.829. The number of furan rings is 1. The average Bonchev–Trinajstić information content (AvgIpc) is 2.99. The van der Waals surface area contributed by atoms with Gasteiger partial charge in [-0.1, -0.05) is 6.07 Å². The standard InChI is InChI=1S/C20H20N2O5/c1-13-18(19(24)22-20(10-23)11-25-12-20)16-8-15(5-6-17(16)27-13)26-9-14-4-2-3-7-21-14/h2-8,23H,9-12H2,1H3,(H,22,24). The first-order valence-corrected chi connectivity index (χ1v) is 8.67. The van der Waals surface area contributed by atoms with Crippen molar-refractivity contribution in [3.8, 4) is 5.75 Å². The zero-order valence-corrected chi connectivity index (χ0v) is 14.9. The van der Waals surface area contributed by atoms with E-state index in [0.717, 1.165) is 5.69 Å². The molecule has 0 saturated carbocycles. The van der Waals surface area contributed by atoms with E-state index in [1.54, 1.807) is 31.3 Å². The minimum atomic E-state index is -0.722. The van der Waals surface area contributed by atoms with Crippen molar-refractivity contribution in [2.24, 2.45) is 0 Å². The van der Waals surface area contributed by atoms with E-state index in [1.807, 2.05) is 18.2 Å². The molecule has 3 heterocycles. The van der Waals surface area contributed by atoms with Crippen molar-refractivity contribution in [1.82, 2.24) is 10.3 Å². The lowest BCUT2D eigenvalue weighted by Crippen LogP contribution is -2.64. The number of nitrogens with zero attached hydrogens (tertiary/aromatic N) is 1. The first-order chi connectivity index (χ1) is 13.1. The molecule has 1 aliphatic rings. The zero-order chi connectivity index (χ0) is 18.9. The van der Waals surface area contributed by atoms with Crippen LogP contribution in [0.2, 0.25) is 0 Å². The molecule has 1 aliphatic heterocycles. The minimum Gasteiger partial charge on any atom is -0.487 e. The molecular formula is C20H20N2O5. The van der Waals surface area contributed by atoms with Gasteiger partial charge in [-0.05, 0) is 37.3 Å². The minimum absolute atomic E-state index is 0.175. The molecule has 7 heteroatoms. The normalized spacial score (nSPS) is 15.3. The molecule has 1 fully saturated rings. The highest BCUT2D eigenvalue weighted by Crippen LogP contribution is 2.30. The van der Waals surface area contributed by atoms with Gasteiger partial charge in [0.15, 0.2) is 0 Å². The molecule has 0 spiro atoms. The van der Waals surface area contributed by atoms with Crippen LogP contribution in [0.15, 0.2) is 47.0 Å². The summed E-state index contributed by atoms with van der Waals surface area (Å²) in [6, 6.07) is 11.0. The molecule has 27 heavy (non-hydrogen) atoms. The van der Waals surface area contributed by atoms with Crippen molar-refractivity contribution in [1.29, 1.82) is 0 Å². The molecule has 2 N–H and O–H groups in total. The highest BCUT2D eigenvalue weighted by Gasteiger charge is 2.40. The van der Waals surface area contributed by atoms with Crippen LogP contribution < -0.4 is 10.1 Å². The first kappa shape index (κ1) is 17.5. The molecule has 7 nitrogen and oxygen atoms in total. The Hall–Kier alpha value is -2.90. The number of ether oxygens (including phenoxy) is 2. The largest absolute Gasteiger partial charge is 0.487 e. The second-order valence-corrected chi connectivity index (χ2v) is 6.69. The molecule has 140 valence electrons. The summed E-state index contributed by atoms with van der Waals surface area (Å²) in [4.78, 5) is 17.0. The van der Waals surface area contributed by atoms with Gasteiger partial charge in [0, 0.05) is 11.6 Å². The summed E-state index contributed by atoms with van der Waals surface area (Å²) in [5, 5.41) is 13.1. The third-order valence-corrected chi connectivity index (χ3v) is 4.61. The average molecular weight is 368 g/mol. The van der Waals surface area contributed by atoms with E-state index >= 15 is 0 Å². The van der Waals surface area contributed by atoms with Crippen molar-refractivity contribution < 1.29 is 23.8 Å². The van der Waals surface area contributed by atoms with Crippen molar-refractivity contribution >= 4 is 16.9 Å². The number of hydrogen-bond acceptors (Lipinski definition) is 6. The fraction of sp³-hybridized carbons (Fsp3) is 0.300. The Bertz CT molecular complexity index is 958. The third-order valence-electron chi connectivity index (χ3n) is 4.61. The second kappa shape index (κ2) is 7.02. The van der Waals surface area contributed by atoms with E-state index in [1.165, 1.54) is 0 Å². The van der Waals surface area contributed by atoms with Crippen LogP contribution in [-0.2, 0) is 11.3 Å². The molecule has 0 aliphatic carbocycles. The third kappa shape index (κ3) is 3.39. The van der Waals surface area contributed by atoms with Crippen LogP contribution in [0.25, 0.3) is 11.0 Å². The molecular weight excluding hydrogens is 348 g/mol. The predicted octanol–water partition coefficient (Wildman–Crippen LogP) is 2.21. The van der Waals surface area contributed by atoms with Crippen molar-refractivity contribution in [2.45, 2.75) is 19.1 Å². The van der Waals surface area contributed by atoms with Gasteiger partial charge < -0.3 is 24.3 Å². The van der Waals surface area contributed by atoms with Crippen molar-refractivity contribution in [2.75, 3.05) is 19.8 Å². The van der Waals surface area contributed by atoms with Gasteiger partial charge in [0.05, 0.1) is 31.1 Å². The van der Waals surface area contributed by atoms with Crippen LogP contribution in [0.4, 0.5) is 0 Å². The van der Waals surface area contributed by atoms with Crippen molar-refractivity contribution in [3.05, 3.63) is 59.6 Å².